The monoisotopic (exact) mass is 372 g/mol. The van der Waals surface area contributed by atoms with Gasteiger partial charge in [0.05, 0.1) is 17.3 Å². The second-order valence-electron chi connectivity index (χ2n) is 6.84. The Morgan fingerprint density at radius 2 is 2.12 bits per heavy atom. The third kappa shape index (κ3) is 2.84. The first-order valence-electron chi connectivity index (χ1n) is 7.64. The van der Waals surface area contributed by atoms with Crippen molar-refractivity contribution in [3.05, 3.63) is 16.5 Å². The van der Waals surface area contributed by atoms with Gasteiger partial charge in [-0.1, -0.05) is 0 Å². The smallest absolute Gasteiger partial charge is 0.277 e. The number of nitrogens with zero attached hydrogens (tertiary/aromatic N) is 2. The van der Waals surface area contributed by atoms with Gasteiger partial charge >= 0.3 is 0 Å². The van der Waals surface area contributed by atoms with Crippen molar-refractivity contribution in [3.63, 3.8) is 0 Å². The van der Waals surface area contributed by atoms with Crippen LogP contribution >= 0.6 is 11.3 Å². The fourth-order valence-corrected chi connectivity index (χ4v) is 6.23. The summed E-state index contributed by atoms with van der Waals surface area (Å²) in [6.45, 7) is 7.63. The molecule has 3 heterocycles. The fourth-order valence-electron chi connectivity index (χ4n) is 3.20. The van der Waals surface area contributed by atoms with E-state index < -0.39 is 28.1 Å². The molecule has 1 fully saturated rings. The maximum atomic E-state index is 12.6. The Balaban J connectivity index is 1.81. The largest absolute Gasteiger partial charge is 0.369 e. The molecule has 2 amide bonds. The number of sulfonamides is 1. The van der Waals surface area contributed by atoms with Gasteiger partial charge in [-0.15, -0.1) is 11.3 Å². The van der Waals surface area contributed by atoms with Gasteiger partial charge in [0.25, 0.3) is 15.9 Å². The van der Waals surface area contributed by atoms with Crippen LogP contribution in [0.25, 0.3) is 0 Å². The van der Waals surface area contributed by atoms with Gasteiger partial charge in [-0.25, -0.2) is 12.7 Å². The van der Waals surface area contributed by atoms with E-state index in [0.29, 0.717) is 17.4 Å². The van der Waals surface area contributed by atoms with Crippen molar-refractivity contribution in [2.45, 2.75) is 43.6 Å². The predicted octanol–water partition coefficient (Wildman–Crippen LogP) is 1.23. The Bertz CT molecular complexity index is 812. The number of morpholine rings is 1. The van der Waals surface area contributed by atoms with Gasteiger partial charge < -0.3 is 9.64 Å². The molecule has 0 spiro atoms. The molecule has 7 nitrogen and oxygen atoms in total. The Hall–Kier alpha value is -1.45. The van der Waals surface area contributed by atoms with E-state index in [9.17, 15) is 18.0 Å². The van der Waals surface area contributed by atoms with Crippen LogP contribution in [0.3, 0.4) is 0 Å². The number of thiophene rings is 1. The molecular formula is C15H20N2O5S2. The van der Waals surface area contributed by atoms with E-state index in [2.05, 4.69) is 0 Å². The van der Waals surface area contributed by atoms with Crippen molar-refractivity contribution in [3.8, 4) is 0 Å². The SMILES string of the molecule is Cc1cc2c(s1)S(=O)(=O)N(CC(=O)N1CC(C)OC(C)(C)C1)C2=O. The van der Waals surface area contributed by atoms with E-state index in [-0.39, 0.29) is 21.8 Å². The first-order chi connectivity index (χ1) is 11.0. The van der Waals surface area contributed by atoms with Crippen molar-refractivity contribution in [1.29, 1.82) is 0 Å². The minimum Gasteiger partial charge on any atom is -0.369 e. The van der Waals surface area contributed by atoms with Crippen LogP contribution in [0.1, 0.15) is 36.0 Å². The van der Waals surface area contributed by atoms with Gasteiger partial charge in [0.2, 0.25) is 5.91 Å². The minimum atomic E-state index is -3.93. The molecule has 132 valence electrons. The molecule has 2 aliphatic rings. The molecule has 0 N–H and O–H groups in total. The molecule has 0 aromatic carbocycles. The molecule has 1 aromatic rings. The maximum absolute atomic E-state index is 12.6. The van der Waals surface area contributed by atoms with Gasteiger partial charge in [0.1, 0.15) is 6.54 Å². The molecule has 1 aromatic heterocycles. The van der Waals surface area contributed by atoms with Crippen molar-refractivity contribution in [1.82, 2.24) is 9.21 Å². The highest BCUT2D eigenvalue weighted by atomic mass is 32.2. The highest BCUT2D eigenvalue weighted by Crippen LogP contribution is 2.36. The van der Waals surface area contributed by atoms with E-state index in [1.54, 1.807) is 17.9 Å². The lowest BCUT2D eigenvalue weighted by Gasteiger charge is -2.42. The van der Waals surface area contributed by atoms with Crippen molar-refractivity contribution in [2.75, 3.05) is 19.6 Å². The van der Waals surface area contributed by atoms with Gasteiger partial charge in [-0.3, -0.25) is 9.59 Å². The first kappa shape index (κ1) is 17.4. The molecule has 9 heteroatoms. The quantitative estimate of drug-likeness (QED) is 0.780. The third-order valence-corrected chi connectivity index (χ3v) is 7.29. The molecule has 0 bridgehead atoms. The maximum Gasteiger partial charge on any atom is 0.277 e. The molecule has 1 unspecified atom stereocenters. The molecular weight excluding hydrogens is 352 g/mol. The van der Waals surface area contributed by atoms with Crippen LogP contribution in [0.15, 0.2) is 10.3 Å². The number of carbonyl (C=O) groups is 2. The number of carbonyl (C=O) groups excluding carboxylic acids is 2. The lowest BCUT2D eigenvalue weighted by Crippen LogP contribution is -2.56. The molecule has 0 saturated carbocycles. The summed E-state index contributed by atoms with van der Waals surface area (Å²) in [7, 11) is -3.93. The molecule has 3 rings (SSSR count). The summed E-state index contributed by atoms with van der Waals surface area (Å²) in [4.78, 5) is 27.3. The Morgan fingerprint density at radius 1 is 1.46 bits per heavy atom. The zero-order chi connectivity index (χ0) is 17.9. The van der Waals surface area contributed by atoms with Crippen LogP contribution in [-0.4, -0.2) is 60.8 Å². The average Bonchev–Trinajstić information content (AvgIpc) is 2.90. The summed E-state index contributed by atoms with van der Waals surface area (Å²) in [5.74, 6) is -1.01. The highest BCUT2D eigenvalue weighted by molar-refractivity contribution is 7.92. The van der Waals surface area contributed by atoms with Crippen LogP contribution in [0.4, 0.5) is 0 Å². The number of ether oxygens (including phenoxy) is 1. The van der Waals surface area contributed by atoms with Crippen LogP contribution in [-0.2, 0) is 19.6 Å². The number of rotatable bonds is 2. The van der Waals surface area contributed by atoms with Crippen LogP contribution in [0.5, 0.6) is 0 Å². The lowest BCUT2D eigenvalue weighted by molar-refractivity contribution is -0.157. The normalized spacial score (nSPS) is 25.0. The minimum absolute atomic E-state index is 0.0356. The van der Waals surface area contributed by atoms with Gasteiger partial charge in [-0.2, -0.15) is 0 Å². The molecule has 1 saturated heterocycles. The summed E-state index contributed by atoms with van der Waals surface area (Å²) < 4.78 is 31.5. The second-order valence-corrected chi connectivity index (χ2v) is 10.2. The van der Waals surface area contributed by atoms with Crippen LogP contribution in [0, 0.1) is 6.92 Å². The number of amides is 2. The van der Waals surface area contributed by atoms with E-state index in [4.69, 9.17) is 4.74 Å². The standard InChI is InChI=1S/C15H20N2O5S2/c1-9-6-16(8-15(3,4)22-9)12(18)7-17-13(19)11-5-10(2)23-14(11)24(17,20)21/h5,9H,6-8H2,1-4H3. The van der Waals surface area contributed by atoms with Crippen molar-refractivity contribution >= 4 is 33.2 Å². The van der Waals surface area contributed by atoms with Crippen molar-refractivity contribution in [2.24, 2.45) is 0 Å². The fraction of sp³-hybridized carbons (Fsp3) is 0.600. The molecule has 24 heavy (non-hydrogen) atoms. The topological polar surface area (TPSA) is 84.0 Å². The second kappa shape index (κ2) is 5.53. The summed E-state index contributed by atoms with van der Waals surface area (Å²) in [5.41, 5.74) is -0.335. The summed E-state index contributed by atoms with van der Waals surface area (Å²) in [6, 6.07) is 1.56. The van der Waals surface area contributed by atoms with Gasteiger partial charge in [-0.05, 0) is 33.8 Å². The van der Waals surface area contributed by atoms with E-state index in [1.165, 1.54) is 0 Å². The molecule has 0 aliphatic carbocycles. The summed E-state index contributed by atoms with van der Waals surface area (Å²) in [6.07, 6.45) is -0.146. The zero-order valence-corrected chi connectivity index (χ0v) is 15.7. The summed E-state index contributed by atoms with van der Waals surface area (Å²) in [5, 5.41) is 0. The van der Waals surface area contributed by atoms with Gasteiger partial charge in [0.15, 0.2) is 4.21 Å². The lowest BCUT2D eigenvalue weighted by atomic mass is 10.1. The average molecular weight is 372 g/mol. The number of hydrogen-bond acceptors (Lipinski definition) is 6. The Labute approximate surface area is 145 Å². The molecule has 0 radical (unpaired) electrons. The highest BCUT2D eigenvalue weighted by Gasteiger charge is 2.45. The Morgan fingerprint density at radius 3 is 2.71 bits per heavy atom. The summed E-state index contributed by atoms with van der Waals surface area (Å²) >= 11 is 1.06. The zero-order valence-electron chi connectivity index (χ0n) is 14.0. The van der Waals surface area contributed by atoms with E-state index >= 15 is 0 Å². The number of aryl methyl sites for hydroxylation is 1. The number of fused-ring (bicyclic) bond motifs is 1. The molecule has 2 aliphatic heterocycles. The van der Waals surface area contributed by atoms with E-state index in [0.717, 1.165) is 16.2 Å². The predicted molar refractivity (Wildman–Crippen MR) is 88.5 cm³/mol. The van der Waals surface area contributed by atoms with Gasteiger partial charge in [0, 0.05) is 18.0 Å². The number of hydrogen-bond donors (Lipinski definition) is 0. The Kier molecular flexibility index (Phi) is 4.01. The first-order valence-corrected chi connectivity index (χ1v) is 9.90. The van der Waals surface area contributed by atoms with Crippen molar-refractivity contribution < 1.29 is 22.7 Å². The van der Waals surface area contributed by atoms with E-state index in [1.807, 2.05) is 20.8 Å². The van der Waals surface area contributed by atoms with Crippen LogP contribution in [0.2, 0.25) is 0 Å². The molecule has 1 atom stereocenters. The van der Waals surface area contributed by atoms with Crippen LogP contribution < -0.4 is 0 Å². The third-order valence-electron chi connectivity index (χ3n) is 4.00.